The molecule has 0 bridgehead atoms. The fourth-order valence-electron chi connectivity index (χ4n) is 1.82. The van der Waals surface area contributed by atoms with Crippen LogP contribution in [0.3, 0.4) is 0 Å². The number of benzene rings is 1. The van der Waals surface area contributed by atoms with Crippen LogP contribution in [0.25, 0.3) is 17.1 Å². The van der Waals surface area contributed by atoms with E-state index in [1.807, 2.05) is 0 Å². The number of nitro groups is 1. The van der Waals surface area contributed by atoms with Gasteiger partial charge in [0.05, 0.1) is 15.1 Å². The van der Waals surface area contributed by atoms with Crippen LogP contribution in [-0.4, -0.2) is 24.7 Å². The maximum absolute atomic E-state index is 10.8. The van der Waals surface area contributed by atoms with Gasteiger partial charge in [-0.3, -0.25) is 15.1 Å². The van der Waals surface area contributed by atoms with Gasteiger partial charge in [0, 0.05) is 30.1 Å². The molecule has 0 radical (unpaired) electrons. The standard InChI is InChI=1S/C13H8BrN5O2/c14-11-7-15-5-4-12(11)18-8-16-13(17-18)9-2-1-3-10(6-9)19(20)21/h1-8H. The molecule has 0 saturated carbocycles. The summed E-state index contributed by atoms with van der Waals surface area (Å²) in [6.45, 7) is 0. The SMILES string of the molecule is O=[N+]([O-])c1cccc(-c2ncn(-c3ccncc3Br)n2)c1. The molecule has 104 valence electrons. The van der Waals surface area contributed by atoms with Gasteiger partial charge in [0.2, 0.25) is 0 Å². The number of aromatic nitrogens is 4. The molecule has 3 rings (SSSR count). The summed E-state index contributed by atoms with van der Waals surface area (Å²) in [7, 11) is 0. The number of halogens is 1. The second-order valence-electron chi connectivity index (χ2n) is 4.15. The highest BCUT2D eigenvalue weighted by Gasteiger charge is 2.11. The predicted molar refractivity (Wildman–Crippen MR) is 78.9 cm³/mol. The van der Waals surface area contributed by atoms with E-state index in [4.69, 9.17) is 0 Å². The van der Waals surface area contributed by atoms with Crippen molar-refractivity contribution in [3.05, 3.63) is 63.6 Å². The van der Waals surface area contributed by atoms with E-state index in [0.29, 0.717) is 11.4 Å². The number of pyridine rings is 1. The van der Waals surface area contributed by atoms with Gasteiger partial charge in [-0.25, -0.2) is 9.67 Å². The highest BCUT2D eigenvalue weighted by atomic mass is 79.9. The molecule has 0 atom stereocenters. The first-order valence-corrected chi connectivity index (χ1v) is 6.71. The Kier molecular flexibility index (Phi) is 3.44. The number of non-ortho nitro benzene ring substituents is 1. The normalized spacial score (nSPS) is 10.5. The molecule has 0 aliphatic rings. The Balaban J connectivity index is 2.01. The minimum Gasteiger partial charge on any atom is -0.263 e. The van der Waals surface area contributed by atoms with Crippen molar-refractivity contribution < 1.29 is 4.92 Å². The molecule has 7 nitrogen and oxygen atoms in total. The van der Waals surface area contributed by atoms with Crippen molar-refractivity contribution in [2.24, 2.45) is 0 Å². The molecule has 0 aliphatic heterocycles. The summed E-state index contributed by atoms with van der Waals surface area (Å²) in [4.78, 5) is 18.5. The molecule has 0 amide bonds. The summed E-state index contributed by atoms with van der Waals surface area (Å²) in [6, 6.07) is 8.00. The van der Waals surface area contributed by atoms with Crippen LogP contribution in [0.5, 0.6) is 0 Å². The Morgan fingerprint density at radius 1 is 1.29 bits per heavy atom. The molecule has 0 saturated heterocycles. The Hall–Kier alpha value is -2.61. The molecule has 1 aromatic carbocycles. The lowest BCUT2D eigenvalue weighted by molar-refractivity contribution is -0.384. The Labute approximate surface area is 127 Å². The van der Waals surface area contributed by atoms with E-state index in [1.165, 1.54) is 12.1 Å². The van der Waals surface area contributed by atoms with Crippen molar-refractivity contribution in [3.63, 3.8) is 0 Å². The maximum atomic E-state index is 10.8. The van der Waals surface area contributed by atoms with Crippen molar-refractivity contribution in [3.8, 4) is 17.1 Å². The van der Waals surface area contributed by atoms with Gasteiger partial charge in [0.25, 0.3) is 5.69 Å². The van der Waals surface area contributed by atoms with Crippen molar-refractivity contribution in [2.45, 2.75) is 0 Å². The van der Waals surface area contributed by atoms with E-state index >= 15 is 0 Å². The van der Waals surface area contributed by atoms with Gasteiger partial charge >= 0.3 is 0 Å². The summed E-state index contributed by atoms with van der Waals surface area (Å²) in [5.41, 5.74) is 1.39. The summed E-state index contributed by atoms with van der Waals surface area (Å²) >= 11 is 3.39. The minimum absolute atomic E-state index is 0.00828. The average Bonchev–Trinajstić information content (AvgIpc) is 2.97. The molecule has 2 heterocycles. The highest BCUT2D eigenvalue weighted by molar-refractivity contribution is 9.10. The lowest BCUT2D eigenvalue weighted by atomic mass is 10.2. The molecule has 2 aromatic heterocycles. The zero-order valence-corrected chi connectivity index (χ0v) is 12.1. The first-order valence-electron chi connectivity index (χ1n) is 5.91. The molecule has 0 N–H and O–H groups in total. The van der Waals surface area contributed by atoms with Gasteiger partial charge in [-0.2, -0.15) is 0 Å². The van der Waals surface area contributed by atoms with Crippen molar-refractivity contribution in [1.82, 2.24) is 19.7 Å². The van der Waals surface area contributed by atoms with Gasteiger partial charge in [-0.1, -0.05) is 12.1 Å². The molecule has 3 aromatic rings. The van der Waals surface area contributed by atoms with Gasteiger partial charge in [0.15, 0.2) is 5.82 Å². The smallest absolute Gasteiger partial charge is 0.263 e. The zero-order chi connectivity index (χ0) is 14.8. The van der Waals surface area contributed by atoms with E-state index in [-0.39, 0.29) is 5.69 Å². The van der Waals surface area contributed by atoms with Gasteiger partial charge in [-0.05, 0) is 22.0 Å². The zero-order valence-electron chi connectivity index (χ0n) is 10.5. The Bertz CT molecular complexity index is 818. The van der Waals surface area contributed by atoms with Crippen LogP contribution >= 0.6 is 15.9 Å². The largest absolute Gasteiger partial charge is 0.270 e. The van der Waals surface area contributed by atoms with Crippen molar-refractivity contribution in [1.29, 1.82) is 0 Å². The van der Waals surface area contributed by atoms with E-state index < -0.39 is 4.92 Å². The summed E-state index contributed by atoms with van der Waals surface area (Å²) < 4.78 is 2.36. The van der Waals surface area contributed by atoms with Crippen LogP contribution in [-0.2, 0) is 0 Å². The van der Waals surface area contributed by atoms with E-state index in [1.54, 1.807) is 41.6 Å². The second-order valence-corrected chi connectivity index (χ2v) is 5.00. The number of rotatable bonds is 3. The van der Waals surface area contributed by atoms with E-state index in [9.17, 15) is 10.1 Å². The number of hydrogen-bond donors (Lipinski definition) is 0. The Morgan fingerprint density at radius 2 is 2.14 bits per heavy atom. The first-order chi connectivity index (χ1) is 10.1. The van der Waals surface area contributed by atoms with E-state index in [0.717, 1.165) is 10.2 Å². The van der Waals surface area contributed by atoms with Crippen LogP contribution in [0, 0.1) is 10.1 Å². The second kappa shape index (κ2) is 5.41. The van der Waals surface area contributed by atoms with Crippen LogP contribution < -0.4 is 0 Å². The third-order valence-corrected chi connectivity index (χ3v) is 3.42. The number of nitrogens with zero attached hydrogens (tertiary/aromatic N) is 5. The lowest BCUT2D eigenvalue weighted by Crippen LogP contribution is -1.96. The molecule has 0 unspecified atom stereocenters. The summed E-state index contributed by atoms with van der Waals surface area (Å²) in [6.07, 6.45) is 4.85. The number of hydrogen-bond acceptors (Lipinski definition) is 5. The molecule has 21 heavy (non-hydrogen) atoms. The third kappa shape index (κ3) is 2.65. The van der Waals surface area contributed by atoms with E-state index in [2.05, 4.69) is 31.0 Å². The van der Waals surface area contributed by atoms with Crippen LogP contribution in [0.2, 0.25) is 0 Å². The Morgan fingerprint density at radius 3 is 2.90 bits per heavy atom. The van der Waals surface area contributed by atoms with Gasteiger partial charge < -0.3 is 0 Å². The molecule has 0 fully saturated rings. The fourth-order valence-corrected chi connectivity index (χ4v) is 2.26. The van der Waals surface area contributed by atoms with Crippen LogP contribution in [0.1, 0.15) is 0 Å². The summed E-state index contributed by atoms with van der Waals surface area (Å²) in [5, 5.41) is 15.1. The lowest BCUT2D eigenvalue weighted by Gasteiger charge is -2.01. The van der Waals surface area contributed by atoms with Gasteiger partial charge in [0.1, 0.15) is 6.33 Å². The fraction of sp³-hybridized carbons (Fsp3) is 0. The molecular formula is C13H8BrN5O2. The quantitative estimate of drug-likeness (QED) is 0.537. The van der Waals surface area contributed by atoms with Crippen molar-refractivity contribution >= 4 is 21.6 Å². The van der Waals surface area contributed by atoms with Crippen molar-refractivity contribution in [2.75, 3.05) is 0 Å². The number of nitro benzene ring substituents is 1. The summed E-state index contributed by atoms with van der Waals surface area (Å²) in [5.74, 6) is 0.419. The van der Waals surface area contributed by atoms with Crippen LogP contribution in [0.15, 0.2) is 53.5 Å². The molecule has 8 heteroatoms. The molecular weight excluding hydrogens is 338 g/mol. The predicted octanol–water partition coefficient (Wildman–Crippen LogP) is 3.00. The maximum Gasteiger partial charge on any atom is 0.270 e. The molecule has 0 spiro atoms. The third-order valence-electron chi connectivity index (χ3n) is 2.80. The van der Waals surface area contributed by atoms with Crippen LogP contribution in [0.4, 0.5) is 5.69 Å². The first kappa shape index (κ1) is 13.4. The average molecular weight is 346 g/mol. The topological polar surface area (TPSA) is 86.7 Å². The monoisotopic (exact) mass is 345 g/mol. The molecule has 0 aliphatic carbocycles. The van der Waals surface area contributed by atoms with Gasteiger partial charge in [-0.15, -0.1) is 5.10 Å². The highest BCUT2D eigenvalue weighted by Crippen LogP contribution is 2.23. The minimum atomic E-state index is -0.444.